The first-order chi connectivity index (χ1) is 12.1. The van der Waals surface area contributed by atoms with E-state index in [2.05, 4.69) is 20.8 Å². The first-order valence-electron chi connectivity index (χ1n) is 7.59. The van der Waals surface area contributed by atoms with Gasteiger partial charge < -0.3 is 10.1 Å². The van der Waals surface area contributed by atoms with E-state index in [1.807, 2.05) is 6.07 Å². The number of ether oxygens (including phenoxy) is 1. The van der Waals surface area contributed by atoms with Crippen molar-refractivity contribution in [1.29, 1.82) is 0 Å². The molecule has 4 rings (SSSR count). The SMILES string of the molecule is Cc1nnnn1-c1ccccc1C(=O)Nc1ccc2c(c1)COC2=O. The highest BCUT2D eigenvalue weighted by molar-refractivity contribution is 6.07. The Hall–Kier alpha value is -3.55. The Kier molecular flexibility index (Phi) is 3.50. The maximum Gasteiger partial charge on any atom is 0.338 e. The highest BCUT2D eigenvalue weighted by Crippen LogP contribution is 2.24. The van der Waals surface area contributed by atoms with Crippen molar-refractivity contribution in [1.82, 2.24) is 20.2 Å². The summed E-state index contributed by atoms with van der Waals surface area (Å²) in [5.74, 6) is -0.0588. The topological polar surface area (TPSA) is 99.0 Å². The van der Waals surface area contributed by atoms with Gasteiger partial charge in [0.25, 0.3) is 5.91 Å². The number of hydrogen-bond acceptors (Lipinski definition) is 6. The zero-order valence-electron chi connectivity index (χ0n) is 13.3. The number of rotatable bonds is 3. The van der Waals surface area contributed by atoms with E-state index in [9.17, 15) is 9.59 Å². The van der Waals surface area contributed by atoms with E-state index in [0.29, 0.717) is 28.3 Å². The number of aromatic nitrogens is 4. The molecule has 0 saturated heterocycles. The Morgan fingerprint density at radius 2 is 2.08 bits per heavy atom. The molecule has 0 aliphatic carbocycles. The Morgan fingerprint density at radius 3 is 2.88 bits per heavy atom. The number of nitrogens with zero attached hydrogens (tertiary/aromatic N) is 4. The van der Waals surface area contributed by atoms with Crippen LogP contribution in [0.25, 0.3) is 5.69 Å². The Morgan fingerprint density at radius 1 is 1.24 bits per heavy atom. The third-order valence-corrected chi connectivity index (χ3v) is 3.94. The van der Waals surface area contributed by atoms with E-state index >= 15 is 0 Å². The van der Waals surface area contributed by atoms with Gasteiger partial charge in [0.15, 0.2) is 5.82 Å². The number of hydrogen-bond donors (Lipinski definition) is 1. The zero-order valence-corrected chi connectivity index (χ0v) is 13.3. The molecule has 1 N–H and O–H groups in total. The summed E-state index contributed by atoms with van der Waals surface area (Å²) in [6.07, 6.45) is 0. The molecule has 2 heterocycles. The van der Waals surface area contributed by atoms with Crippen LogP contribution in [0.1, 0.15) is 32.1 Å². The second-order valence-corrected chi connectivity index (χ2v) is 5.56. The molecule has 25 heavy (non-hydrogen) atoms. The van der Waals surface area contributed by atoms with Crippen LogP contribution in [0.5, 0.6) is 0 Å². The minimum atomic E-state index is -0.340. The van der Waals surface area contributed by atoms with Crippen molar-refractivity contribution in [3.8, 4) is 5.69 Å². The maximum absolute atomic E-state index is 12.7. The number of benzene rings is 2. The van der Waals surface area contributed by atoms with Crippen molar-refractivity contribution in [2.75, 3.05) is 5.32 Å². The molecule has 1 aliphatic heterocycles. The van der Waals surface area contributed by atoms with Crippen LogP contribution in [0, 0.1) is 6.92 Å². The van der Waals surface area contributed by atoms with Crippen LogP contribution in [0.2, 0.25) is 0 Å². The van der Waals surface area contributed by atoms with Gasteiger partial charge >= 0.3 is 5.97 Å². The molecule has 8 heteroatoms. The van der Waals surface area contributed by atoms with Gasteiger partial charge in [0.2, 0.25) is 0 Å². The minimum Gasteiger partial charge on any atom is -0.457 e. The fraction of sp³-hybridized carbons (Fsp3) is 0.118. The summed E-state index contributed by atoms with van der Waals surface area (Å²) in [4.78, 5) is 24.2. The van der Waals surface area contributed by atoms with Gasteiger partial charge in [0, 0.05) is 11.3 Å². The van der Waals surface area contributed by atoms with E-state index in [-0.39, 0.29) is 18.5 Å². The van der Waals surface area contributed by atoms with Gasteiger partial charge in [-0.25, -0.2) is 4.79 Å². The number of amides is 1. The molecule has 2 aromatic carbocycles. The fourth-order valence-electron chi connectivity index (χ4n) is 2.71. The monoisotopic (exact) mass is 335 g/mol. The highest BCUT2D eigenvalue weighted by Gasteiger charge is 2.22. The molecule has 1 aliphatic rings. The lowest BCUT2D eigenvalue weighted by Crippen LogP contribution is -2.16. The van der Waals surface area contributed by atoms with Gasteiger partial charge in [-0.1, -0.05) is 12.1 Å². The lowest BCUT2D eigenvalue weighted by Gasteiger charge is -2.10. The number of carbonyl (C=O) groups is 2. The Labute approximate surface area is 142 Å². The fourth-order valence-corrected chi connectivity index (χ4v) is 2.71. The predicted octanol–water partition coefficient (Wildman–Crippen LogP) is 1.89. The number of nitrogens with one attached hydrogen (secondary N) is 1. The van der Waals surface area contributed by atoms with E-state index in [4.69, 9.17) is 4.74 Å². The van der Waals surface area contributed by atoms with Crippen LogP contribution < -0.4 is 5.32 Å². The molecular weight excluding hydrogens is 322 g/mol. The number of tetrazole rings is 1. The lowest BCUT2D eigenvalue weighted by atomic mass is 10.1. The summed E-state index contributed by atoms with van der Waals surface area (Å²) in [6.45, 7) is 1.98. The first-order valence-corrected chi connectivity index (χ1v) is 7.59. The van der Waals surface area contributed by atoms with E-state index < -0.39 is 0 Å². The van der Waals surface area contributed by atoms with Crippen molar-refractivity contribution in [3.05, 3.63) is 65.0 Å². The third kappa shape index (κ3) is 2.63. The molecular formula is C17H13N5O3. The molecule has 0 atom stereocenters. The molecule has 0 radical (unpaired) electrons. The lowest BCUT2D eigenvalue weighted by molar-refractivity contribution is 0.0535. The van der Waals surface area contributed by atoms with Crippen LogP contribution in [0.4, 0.5) is 5.69 Å². The van der Waals surface area contributed by atoms with Gasteiger partial charge in [-0.05, 0) is 47.7 Å². The highest BCUT2D eigenvalue weighted by atomic mass is 16.5. The predicted molar refractivity (Wildman–Crippen MR) is 87.4 cm³/mol. The molecule has 0 fully saturated rings. The van der Waals surface area contributed by atoms with Gasteiger partial charge in [0.05, 0.1) is 16.8 Å². The van der Waals surface area contributed by atoms with Crippen LogP contribution in [-0.2, 0) is 11.3 Å². The molecule has 0 bridgehead atoms. The van der Waals surface area contributed by atoms with Crippen LogP contribution in [0.3, 0.4) is 0 Å². The van der Waals surface area contributed by atoms with E-state index in [0.717, 1.165) is 5.56 Å². The quantitative estimate of drug-likeness (QED) is 0.734. The average Bonchev–Trinajstić information content (AvgIpc) is 3.21. The van der Waals surface area contributed by atoms with Crippen LogP contribution >= 0.6 is 0 Å². The van der Waals surface area contributed by atoms with Gasteiger partial charge in [-0.2, -0.15) is 4.68 Å². The summed E-state index contributed by atoms with van der Waals surface area (Å²) in [6, 6.07) is 12.1. The van der Waals surface area contributed by atoms with E-state index in [1.54, 1.807) is 43.3 Å². The standard InChI is InChI=1S/C17H13N5O3/c1-10-19-20-21-22(10)15-5-3-2-4-14(15)16(23)18-12-6-7-13-11(8-12)9-25-17(13)24/h2-8H,9H2,1H3,(H,18,23). The Bertz CT molecular complexity index is 995. The number of fused-ring (bicyclic) bond motifs is 1. The first kappa shape index (κ1) is 15.0. The normalized spacial score (nSPS) is 12.6. The van der Waals surface area contributed by atoms with Crippen molar-refractivity contribution in [3.63, 3.8) is 0 Å². The molecule has 0 spiro atoms. The van der Waals surface area contributed by atoms with Gasteiger partial charge in [-0.3, -0.25) is 4.79 Å². The second-order valence-electron chi connectivity index (χ2n) is 5.56. The minimum absolute atomic E-state index is 0.221. The van der Waals surface area contributed by atoms with Crippen molar-refractivity contribution in [2.45, 2.75) is 13.5 Å². The Balaban J connectivity index is 1.65. The number of carbonyl (C=O) groups excluding carboxylic acids is 2. The summed E-state index contributed by atoms with van der Waals surface area (Å²) < 4.78 is 6.48. The number of para-hydroxylation sites is 1. The molecule has 1 amide bonds. The third-order valence-electron chi connectivity index (χ3n) is 3.94. The number of anilines is 1. The maximum atomic E-state index is 12.7. The molecule has 8 nitrogen and oxygen atoms in total. The molecule has 3 aromatic rings. The van der Waals surface area contributed by atoms with Crippen LogP contribution in [0.15, 0.2) is 42.5 Å². The average molecular weight is 335 g/mol. The van der Waals surface area contributed by atoms with Crippen molar-refractivity contribution >= 4 is 17.6 Å². The van der Waals surface area contributed by atoms with E-state index in [1.165, 1.54) is 4.68 Å². The molecule has 124 valence electrons. The smallest absolute Gasteiger partial charge is 0.338 e. The number of cyclic esters (lactones) is 1. The largest absolute Gasteiger partial charge is 0.457 e. The van der Waals surface area contributed by atoms with Gasteiger partial charge in [0.1, 0.15) is 6.61 Å². The molecule has 0 unspecified atom stereocenters. The van der Waals surface area contributed by atoms with Crippen LogP contribution in [-0.4, -0.2) is 32.1 Å². The summed E-state index contributed by atoms with van der Waals surface area (Å²) in [5.41, 5.74) is 2.90. The molecule has 0 saturated carbocycles. The summed E-state index contributed by atoms with van der Waals surface area (Å²) >= 11 is 0. The van der Waals surface area contributed by atoms with Gasteiger partial charge in [-0.15, -0.1) is 5.10 Å². The van der Waals surface area contributed by atoms with Crippen molar-refractivity contribution in [2.24, 2.45) is 0 Å². The number of esters is 1. The summed E-state index contributed by atoms with van der Waals surface area (Å²) in [5, 5.41) is 14.2. The zero-order chi connectivity index (χ0) is 17.4. The molecule has 1 aromatic heterocycles. The second kappa shape index (κ2) is 5.82. The number of aryl methyl sites for hydroxylation is 1. The summed E-state index contributed by atoms with van der Waals surface area (Å²) in [7, 11) is 0. The van der Waals surface area contributed by atoms with Crippen molar-refractivity contribution < 1.29 is 14.3 Å².